The van der Waals surface area contributed by atoms with Gasteiger partial charge in [0.1, 0.15) is 0 Å². The van der Waals surface area contributed by atoms with E-state index in [0.29, 0.717) is 0 Å². The van der Waals surface area contributed by atoms with E-state index in [9.17, 15) is 0 Å². The fraction of sp³-hybridized carbons (Fsp3) is 0.900. The maximum Gasteiger partial charge on any atom is 0.191 e. The molecule has 0 saturated carbocycles. The van der Waals surface area contributed by atoms with Gasteiger partial charge in [0.25, 0.3) is 0 Å². The van der Waals surface area contributed by atoms with E-state index in [-0.39, 0.29) is 0 Å². The molecule has 0 amide bonds. The van der Waals surface area contributed by atoms with Crippen molar-refractivity contribution < 1.29 is 0 Å². The van der Waals surface area contributed by atoms with Gasteiger partial charge in [-0.05, 0) is 24.9 Å². The minimum Gasteiger partial charge on any atom is -0.356 e. The van der Waals surface area contributed by atoms with Crippen molar-refractivity contribution >= 4 is 17.7 Å². The molecule has 1 rings (SSSR count). The molecule has 2 N–H and O–H groups in total. The number of guanidine groups is 1. The van der Waals surface area contributed by atoms with Gasteiger partial charge in [0.2, 0.25) is 0 Å². The van der Waals surface area contributed by atoms with Crippen molar-refractivity contribution in [2.75, 3.05) is 31.6 Å². The molecule has 0 aromatic carbocycles. The molecule has 1 aliphatic rings. The highest BCUT2D eigenvalue weighted by Crippen LogP contribution is 2.03. The third kappa shape index (κ3) is 5.37. The number of unbranched alkanes of at least 4 members (excludes halogenated alkanes) is 3. The molecule has 0 radical (unpaired) electrons. The lowest BCUT2D eigenvalue weighted by atomic mass is 10.2. The Morgan fingerprint density at radius 2 is 2.21 bits per heavy atom. The molecule has 0 aromatic heterocycles. The molecule has 3 nitrogen and oxygen atoms in total. The Hall–Kier alpha value is -0.380. The summed E-state index contributed by atoms with van der Waals surface area (Å²) in [5.41, 5.74) is 0. The minimum absolute atomic E-state index is 0.927. The average Bonchev–Trinajstić information content (AvgIpc) is 2.69. The highest BCUT2D eigenvalue weighted by molar-refractivity contribution is 7.98. The molecule has 0 aliphatic carbocycles. The number of nitrogens with zero attached hydrogens (tertiary/aromatic N) is 1. The van der Waals surface area contributed by atoms with Crippen molar-refractivity contribution in [1.82, 2.24) is 10.6 Å². The standard InChI is InChI=1S/C10H21N3S/c1-14-9-5-3-2-4-6-11-10-12-7-8-13-10/h2-9H2,1H3,(H2,11,12,13). The smallest absolute Gasteiger partial charge is 0.191 e. The van der Waals surface area contributed by atoms with Crippen LogP contribution in [-0.4, -0.2) is 37.6 Å². The maximum atomic E-state index is 4.27. The van der Waals surface area contributed by atoms with Gasteiger partial charge in [0.15, 0.2) is 5.96 Å². The van der Waals surface area contributed by atoms with Crippen molar-refractivity contribution in [2.45, 2.75) is 25.7 Å². The lowest BCUT2D eigenvalue weighted by Gasteiger charge is -2.05. The summed E-state index contributed by atoms with van der Waals surface area (Å²) in [6.07, 6.45) is 7.49. The first-order chi connectivity index (χ1) is 6.93. The first kappa shape index (κ1) is 11.7. The predicted molar refractivity (Wildman–Crippen MR) is 65.2 cm³/mol. The molecule has 4 heteroatoms. The molecule has 0 saturated heterocycles. The fourth-order valence-corrected chi connectivity index (χ4v) is 1.94. The summed E-state index contributed by atoms with van der Waals surface area (Å²) in [6.45, 7) is 2.98. The van der Waals surface area contributed by atoms with Crippen LogP contribution in [0.15, 0.2) is 4.99 Å². The summed E-state index contributed by atoms with van der Waals surface area (Å²) in [5.74, 6) is 2.30. The Balaban J connectivity index is 1.80. The van der Waals surface area contributed by atoms with Crippen molar-refractivity contribution in [1.29, 1.82) is 0 Å². The van der Waals surface area contributed by atoms with Crippen molar-refractivity contribution in [2.24, 2.45) is 4.99 Å². The summed E-state index contributed by atoms with van der Waals surface area (Å²) < 4.78 is 0. The van der Waals surface area contributed by atoms with Crippen LogP contribution in [0, 0.1) is 0 Å². The lowest BCUT2D eigenvalue weighted by molar-refractivity contribution is 0.654. The lowest BCUT2D eigenvalue weighted by Crippen LogP contribution is -2.34. The zero-order chi connectivity index (χ0) is 10.1. The van der Waals surface area contributed by atoms with Crippen LogP contribution in [0.2, 0.25) is 0 Å². The Labute approximate surface area is 91.1 Å². The minimum atomic E-state index is 0.927. The van der Waals surface area contributed by atoms with E-state index in [2.05, 4.69) is 21.9 Å². The van der Waals surface area contributed by atoms with Crippen LogP contribution >= 0.6 is 11.8 Å². The summed E-state index contributed by atoms with van der Waals surface area (Å²) in [6, 6.07) is 0. The van der Waals surface area contributed by atoms with Crippen LogP contribution in [0.1, 0.15) is 25.7 Å². The molecular formula is C10H21N3S. The van der Waals surface area contributed by atoms with E-state index in [1.165, 1.54) is 31.4 Å². The second kappa shape index (κ2) is 7.97. The topological polar surface area (TPSA) is 36.4 Å². The van der Waals surface area contributed by atoms with Gasteiger partial charge in [-0.25, -0.2) is 0 Å². The quantitative estimate of drug-likeness (QED) is 0.631. The number of nitrogens with one attached hydrogen (secondary N) is 2. The Kier molecular flexibility index (Phi) is 6.66. The predicted octanol–water partition coefficient (Wildman–Crippen LogP) is 1.46. The van der Waals surface area contributed by atoms with E-state index < -0.39 is 0 Å². The van der Waals surface area contributed by atoms with Crippen LogP contribution in [0.4, 0.5) is 0 Å². The van der Waals surface area contributed by atoms with Gasteiger partial charge in [0.05, 0.1) is 6.54 Å². The Morgan fingerprint density at radius 3 is 2.93 bits per heavy atom. The van der Waals surface area contributed by atoms with Crippen LogP contribution in [0.3, 0.4) is 0 Å². The number of hydrogen-bond acceptors (Lipinski definition) is 4. The van der Waals surface area contributed by atoms with E-state index in [1.54, 1.807) is 0 Å². The third-order valence-electron chi connectivity index (χ3n) is 2.24. The van der Waals surface area contributed by atoms with Gasteiger partial charge >= 0.3 is 0 Å². The van der Waals surface area contributed by atoms with Gasteiger partial charge in [-0.15, -0.1) is 0 Å². The number of thioether (sulfide) groups is 1. The summed E-state index contributed by atoms with van der Waals surface area (Å²) in [4.78, 5) is 4.27. The van der Waals surface area contributed by atoms with Gasteiger partial charge in [-0.2, -0.15) is 11.8 Å². The van der Waals surface area contributed by atoms with Crippen LogP contribution in [-0.2, 0) is 0 Å². The molecule has 0 aromatic rings. The highest BCUT2D eigenvalue weighted by atomic mass is 32.2. The SMILES string of the molecule is CSCCCCCCNC1=NCCN1. The first-order valence-corrected chi connectivity index (χ1v) is 6.84. The molecule has 0 unspecified atom stereocenters. The summed E-state index contributed by atoms with van der Waals surface area (Å²) >= 11 is 1.94. The largest absolute Gasteiger partial charge is 0.356 e. The second-order valence-corrected chi connectivity index (χ2v) is 4.48. The molecular weight excluding hydrogens is 194 g/mol. The van der Waals surface area contributed by atoms with Crippen LogP contribution in [0.25, 0.3) is 0 Å². The van der Waals surface area contributed by atoms with E-state index in [0.717, 1.165) is 25.6 Å². The Bertz CT molecular complexity index is 171. The molecule has 0 bridgehead atoms. The molecule has 82 valence electrons. The molecule has 0 atom stereocenters. The van der Waals surface area contributed by atoms with Gasteiger partial charge in [-0.3, -0.25) is 4.99 Å². The fourth-order valence-electron chi connectivity index (χ4n) is 1.45. The first-order valence-electron chi connectivity index (χ1n) is 5.44. The number of rotatable bonds is 7. The summed E-state index contributed by atoms with van der Waals surface area (Å²) in [5, 5.41) is 6.51. The van der Waals surface area contributed by atoms with Gasteiger partial charge in [-0.1, -0.05) is 12.8 Å². The number of hydrogen-bond donors (Lipinski definition) is 2. The molecule has 1 aliphatic heterocycles. The average molecular weight is 215 g/mol. The van der Waals surface area contributed by atoms with Crippen LogP contribution < -0.4 is 10.6 Å². The zero-order valence-electron chi connectivity index (χ0n) is 9.01. The molecule has 14 heavy (non-hydrogen) atoms. The zero-order valence-corrected chi connectivity index (χ0v) is 9.83. The highest BCUT2D eigenvalue weighted by Gasteiger charge is 2.01. The van der Waals surface area contributed by atoms with Crippen molar-refractivity contribution in [3.05, 3.63) is 0 Å². The van der Waals surface area contributed by atoms with Crippen molar-refractivity contribution in [3.63, 3.8) is 0 Å². The van der Waals surface area contributed by atoms with E-state index in [4.69, 9.17) is 0 Å². The molecule has 0 fully saturated rings. The van der Waals surface area contributed by atoms with Gasteiger partial charge in [0, 0.05) is 13.1 Å². The summed E-state index contributed by atoms with van der Waals surface area (Å²) in [7, 11) is 0. The second-order valence-electron chi connectivity index (χ2n) is 3.49. The number of aliphatic imine (C=N–C) groups is 1. The molecule has 0 spiro atoms. The van der Waals surface area contributed by atoms with E-state index >= 15 is 0 Å². The Morgan fingerprint density at radius 1 is 1.36 bits per heavy atom. The van der Waals surface area contributed by atoms with Crippen molar-refractivity contribution in [3.8, 4) is 0 Å². The third-order valence-corrected chi connectivity index (χ3v) is 2.94. The molecule has 1 heterocycles. The van der Waals surface area contributed by atoms with E-state index in [1.807, 2.05) is 11.8 Å². The maximum absolute atomic E-state index is 4.27. The normalized spacial score (nSPS) is 15.1. The van der Waals surface area contributed by atoms with Crippen LogP contribution in [0.5, 0.6) is 0 Å². The van der Waals surface area contributed by atoms with Gasteiger partial charge < -0.3 is 10.6 Å². The monoisotopic (exact) mass is 215 g/mol.